The lowest BCUT2D eigenvalue weighted by atomic mass is 10.0. The van der Waals surface area contributed by atoms with Gasteiger partial charge < -0.3 is 5.32 Å². The molecule has 10 heavy (non-hydrogen) atoms. The molecule has 0 aromatic heterocycles. The van der Waals surface area contributed by atoms with Gasteiger partial charge >= 0.3 is 0 Å². The lowest BCUT2D eigenvalue weighted by Crippen LogP contribution is -2.43. The Bertz CT molecular complexity index is 137. The minimum absolute atomic E-state index is 0.621. The van der Waals surface area contributed by atoms with E-state index in [4.69, 9.17) is 11.6 Å². The molecular formula is C8H14ClN. The van der Waals surface area contributed by atoms with Crippen molar-refractivity contribution in [3.8, 4) is 0 Å². The molecule has 1 aliphatic heterocycles. The molecule has 2 aliphatic rings. The molecule has 1 saturated heterocycles. The second-order valence-corrected chi connectivity index (χ2v) is 4.03. The van der Waals surface area contributed by atoms with E-state index in [1.807, 2.05) is 0 Å². The van der Waals surface area contributed by atoms with Gasteiger partial charge in [-0.2, -0.15) is 0 Å². The van der Waals surface area contributed by atoms with Crippen molar-refractivity contribution < 1.29 is 0 Å². The minimum atomic E-state index is 0.621. The first-order valence-corrected chi connectivity index (χ1v) is 4.66. The Morgan fingerprint density at radius 1 is 1.50 bits per heavy atom. The average Bonchev–Trinajstić information content (AvgIpc) is 2.64. The fourth-order valence-corrected chi connectivity index (χ4v) is 2.52. The van der Waals surface area contributed by atoms with Gasteiger partial charge in [0.15, 0.2) is 0 Å². The normalized spacial score (nSPS) is 52.2. The summed E-state index contributed by atoms with van der Waals surface area (Å²) in [5.41, 5.74) is 0. The molecule has 1 aliphatic carbocycles. The molecule has 4 unspecified atom stereocenters. The Balaban J connectivity index is 1.96. The van der Waals surface area contributed by atoms with Crippen LogP contribution in [0.3, 0.4) is 0 Å². The molecule has 2 heteroatoms. The highest BCUT2D eigenvalue weighted by Crippen LogP contribution is 2.47. The number of piperidine rings is 1. The Labute approximate surface area is 67.1 Å². The van der Waals surface area contributed by atoms with Gasteiger partial charge in [-0.15, -0.1) is 11.6 Å². The predicted octanol–water partition coefficient (Wildman–Crippen LogP) is 1.61. The van der Waals surface area contributed by atoms with Crippen LogP contribution in [0.2, 0.25) is 0 Å². The summed E-state index contributed by atoms with van der Waals surface area (Å²) in [6, 6.07) is 1.32. The van der Waals surface area contributed by atoms with E-state index < -0.39 is 0 Å². The summed E-state index contributed by atoms with van der Waals surface area (Å²) in [6.45, 7) is 2.26. The molecule has 0 bridgehead atoms. The van der Waals surface area contributed by atoms with Crippen molar-refractivity contribution in [2.75, 3.05) is 5.88 Å². The summed E-state index contributed by atoms with van der Waals surface area (Å²) in [7, 11) is 0. The van der Waals surface area contributed by atoms with E-state index in [1.54, 1.807) is 0 Å². The third-order valence-corrected chi connectivity index (χ3v) is 3.15. The summed E-state index contributed by atoms with van der Waals surface area (Å²) < 4.78 is 0. The van der Waals surface area contributed by atoms with Crippen molar-refractivity contribution in [3.05, 3.63) is 0 Å². The van der Waals surface area contributed by atoms with Crippen LogP contribution in [-0.4, -0.2) is 18.0 Å². The highest BCUT2D eigenvalue weighted by atomic mass is 35.5. The highest BCUT2D eigenvalue weighted by molar-refractivity contribution is 6.18. The predicted molar refractivity (Wildman–Crippen MR) is 43.3 cm³/mol. The first-order valence-electron chi connectivity index (χ1n) is 4.13. The molecule has 2 fully saturated rings. The molecule has 1 saturated carbocycles. The van der Waals surface area contributed by atoms with Crippen LogP contribution in [0, 0.1) is 11.8 Å². The molecule has 1 nitrogen and oxygen atoms in total. The van der Waals surface area contributed by atoms with Crippen LogP contribution < -0.4 is 5.32 Å². The van der Waals surface area contributed by atoms with Crippen molar-refractivity contribution in [3.63, 3.8) is 0 Å². The summed E-state index contributed by atoms with van der Waals surface area (Å²) in [5.74, 6) is 2.74. The minimum Gasteiger partial charge on any atom is -0.310 e. The molecule has 0 spiro atoms. The van der Waals surface area contributed by atoms with Crippen molar-refractivity contribution >= 4 is 11.6 Å². The molecule has 0 aromatic rings. The van der Waals surface area contributed by atoms with Gasteiger partial charge in [-0.25, -0.2) is 0 Å². The van der Waals surface area contributed by atoms with Crippen LogP contribution in [0.25, 0.3) is 0 Å². The Morgan fingerprint density at radius 3 is 3.00 bits per heavy atom. The zero-order chi connectivity index (χ0) is 7.14. The second kappa shape index (κ2) is 2.38. The summed E-state index contributed by atoms with van der Waals surface area (Å²) in [4.78, 5) is 0. The number of hydrogen-bond acceptors (Lipinski definition) is 1. The van der Waals surface area contributed by atoms with Crippen LogP contribution >= 0.6 is 11.6 Å². The molecule has 1 heterocycles. The number of rotatable bonds is 1. The molecule has 58 valence electrons. The second-order valence-electron chi connectivity index (χ2n) is 3.72. The van der Waals surface area contributed by atoms with Crippen LogP contribution in [0.4, 0.5) is 0 Å². The molecule has 2 rings (SSSR count). The maximum Gasteiger partial charge on any atom is 0.0380 e. The molecule has 0 amide bonds. The fraction of sp³-hybridized carbons (Fsp3) is 1.00. The lowest BCUT2D eigenvalue weighted by molar-refractivity contribution is 0.338. The fourth-order valence-electron chi connectivity index (χ4n) is 2.21. The van der Waals surface area contributed by atoms with Crippen molar-refractivity contribution in [1.29, 1.82) is 0 Å². The number of halogens is 1. The quantitative estimate of drug-likeness (QED) is 0.574. The van der Waals surface area contributed by atoms with E-state index >= 15 is 0 Å². The number of fused-ring (bicyclic) bond motifs is 1. The Morgan fingerprint density at radius 2 is 2.30 bits per heavy atom. The molecule has 4 atom stereocenters. The largest absolute Gasteiger partial charge is 0.310 e. The van der Waals surface area contributed by atoms with E-state index in [1.165, 1.54) is 12.8 Å². The maximum absolute atomic E-state index is 5.80. The first-order chi connectivity index (χ1) is 4.81. The van der Waals surface area contributed by atoms with Gasteiger partial charge in [0.1, 0.15) is 0 Å². The molecule has 0 radical (unpaired) electrons. The maximum atomic E-state index is 5.80. The molecular weight excluding hydrogens is 146 g/mol. The summed E-state index contributed by atoms with van der Waals surface area (Å²) in [6.07, 6.45) is 2.80. The Kier molecular flexibility index (Phi) is 1.65. The van der Waals surface area contributed by atoms with Gasteiger partial charge in [-0.3, -0.25) is 0 Å². The number of alkyl halides is 1. The monoisotopic (exact) mass is 159 g/mol. The van der Waals surface area contributed by atoms with Crippen LogP contribution in [-0.2, 0) is 0 Å². The first kappa shape index (κ1) is 6.93. The van der Waals surface area contributed by atoms with E-state index in [0.717, 1.165) is 17.7 Å². The van der Waals surface area contributed by atoms with Crippen molar-refractivity contribution in [2.24, 2.45) is 11.8 Å². The van der Waals surface area contributed by atoms with E-state index in [0.29, 0.717) is 12.1 Å². The lowest BCUT2D eigenvalue weighted by Gasteiger charge is -2.26. The van der Waals surface area contributed by atoms with Gasteiger partial charge in [0, 0.05) is 18.0 Å². The number of nitrogens with one attached hydrogen (secondary N) is 1. The summed E-state index contributed by atoms with van der Waals surface area (Å²) >= 11 is 5.80. The van der Waals surface area contributed by atoms with Gasteiger partial charge in [-0.1, -0.05) is 0 Å². The average molecular weight is 160 g/mol. The topological polar surface area (TPSA) is 12.0 Å². The van der Waals surface area contributed by atoms with Gasteiger partial charge in [0.25, 0.3) is 0 Å². The Hall–Kier alpha value is 0.250. The smallest absolute Gasteiger partial charge is 0.0380 e. The molecule has 1 N–H and O–H groups in total. The highest BCUT2D eigenvalue weighted by Gasteiger charge is 2.46. The zero-order valence-electron chi connectivity index (χ0n) is 6.31. The molecule has 0 aromatic carbocycles. The van der Waals surface area contributed by atoms with Crippen LogP contribution in [0.1, 0.15) is 19.8 Å². The van der Waals surface area contributed by atoms with E-state index in [-0.39, 0.29) is 0 Å². The third kappa shape index (κ3) is 1.06. The van der Waals surface area contributed by atoms with Crippen molar-refractivity contribution in [1.82, 2.24) is 5.32 Å². The number of hydrogen-bond donors (Lipinski definition) is 1. The van der Waals surface area contributed by atoms with Crippen LogP contribution in [0.15, 0.2) is 0 Å². The van der Waals surface area contributed by atoms with Crippen molar-refractivity contribution in [2.45, 2.75) is 31.8 Å². The SMILES string of the molecule is CC1CC2CC2C(CCl)N1. The van der Waals surface area contributed by atoms with E-state index in [2.05, 4.69) is 12.2 Å². The standard InChI is InChI=1S/C8H14ClN/c1-5-2-6-3-7(6)8(4-9)10-5/h5-8,10H,2-4H2,1H3. The zero-order valence-corrected chi connectivity index (χ0v) is 7.06. The van der Waals surface area contributed by atoms with Crippen LogP contribution in [0.5, 0.6) is 0 Å². The summed E-state index contributed by atoms with van der Waals surface area (Å²) in [5, 5.41) is 3.53. The van der Waals surface area contributed by atoms with E-state index in [9.17, 15) is 0 Å². The third-order valence-electron chi connectivity index (χ3n) is 2.82. The van der Waals surface area contributed by atoms with Gasteiger partial charge in [0.05, 0.1) is 0 Å². The van der Waals surface area contributed by atoms with Gasteiger partial charge in [0.2, 0.25) is 0 Å². The van der Waals surface area contributed by atoms with Gasteiger partial charge in [-0.05, 0) is 31.6 Å².